The zero-order valence-corrected chi connectivity index (χ0v) is 7.54. The number of nitrogens with two attached hydrogens (primary N) is 1. The highest BCUT2D eigenvalue weighted by Crippen LogP contribution is 1.80. The Kier molecular flexibility index (Phi) is 5.32. The number of carbonyl (C=O) groups is 2. The van der Waals surface area contributed by atoms with Crippen molar-refractivity contribution in [2.45, 2.75) is 0 Å². The molecule has 0 aliphatic carbocycles. The molecule has 2 amide bonds. The number of hydrogen-bond donors (Lipinski definition) is 2. The van der Waals surface area contributed by atoms with Gasteiger partial charge in [-0.2, -0.15) is 0 Å². The summed E-state index contributed by atoms with van der Waals surface area (Å²) in [5.41, 5.74) is 4.92. The lowest BCUT2D eigenvalue weighted by Gasteiger charge is -2.12. The fourth-order valence-corrected chi connectivity index (χ4v) is 0.773. The second kappa shape index (κ2) is 6.03. The van der Waals surface area contributed by atoms with E-state index < -0.39 is 5.91 Å². The molecule has 0 saturated heterocycles. The minimum absolute atomic E-state index is 0.0590. The Morgan fingerprint density at radius 2 is 2.15 bits per heavy atom. The lowest BCUT2D eigenvalue weighted by atomic mass is 10.4. The molecule has 13 heavy (non-hydrogen) atoms. The van der Waals surface area contributed by atoms with Crippen LogP contribution in [0.5, 0.6) is 0 Å². The van der Waals surface area contributed by atoms with Crippen LogP contribution in [-0.2, 0) is 9.59 Å². The second-order valence-electron chi connectivity index (χ2n) is 2.62. The Morgan fingerprint density at radius 3 is 2.62 bits per heavy atom. The average molecular weight is 183 g/mol. The van der Waals surface area contributed by atoms with Crippen LogP contribution in [0.2, 0.25) is 0 Å². The third kappa shape index (κ3) is 6.84. The molecule has 0 rings (SSSR count). The molecule has 0 aromatic heterocycles. The van der Waals surface area contributed by atoms with Gasteiger partial charge in [-0.25, -0.2) is 0 Å². The van der Waals surface area contributed by atoms with E-state index in [4.69, 9.17) is 12.2 Å². The molecule has 5 nitrogen and oxygen atoms in total. The van der Waals surface area contributed by atoms with Crippen molar-refractivity contribution < 1.29 is 9.59 Å². The van der Waals surface area contributed by atoms with E-state index in [1.807, 2.05) is 0 Å². The predicted molar refractivity (Wildman–Crippen MR) is 48.5 cm³/mol. The summed E-state index contributed by atoms with van der Waals surface area (Å²) in [6.07, 6.45) is 4.94. The topological polar surface area (TPSA) is 75.4 Å². The summed E-state index contributed by atoms with van der Waals surface area (Å²) in [7, 11) is 1.63. The zero-order chi connectivity index (χ0) is 10.3. The highest BCUT2D eigenvalue weighted by atomic mass is 16.2. The van der Waals surface area contributed by atoms with Crippen molar-refractivity contribution >= 4 is 11.8 Å². The molecule has 0 aliphatic heterocycles. The lowest BCUT2D eigenvalue weighted by molar-refractivity contribution is -0.123. The third-order valence-electron chi connectivity index (χ3n) is 1.23. The maximum absolute atomic E-state index is 11.0. The second-order valence-corrected chi connectivity index (χ2v) is 2.62. The summed E-state index contributed by atoms with van der Waals surface area (Å²) in [4.78, 5) is 22.9. The monoisotopic (exact) mass is 183 g/mol. The number of terminal acetylenes is 1. The molecule has 0 radical (unpaired) electrons. The van der Waals surface area contributed by atoms with Gasteiger partial charge in [0.05, 0.1) is 19.6 Å². The van der Waals surface area contributed by atoms with Crippen LogP contribution in [-0.4, -0.2) is 43.4 Å². The van der Waals surface area contributed by atoms with Gasteiger partial charge in [0.1, 0.15) is 0 Å². The Hall–Kier alpha value is -1.54. The van der Waals surface area contributed by atoms with Crippen molar-refractivity contribution in [2.24, 2.45) is 5.73 Å². The van der Waals surface area contributed by atoms with Gasteiger partial charge in [0.2, 0.25) is 11.8 Å². The third-order valence-corrected chi connectivity index (χ3v) is 1.23. The van der Waals surface area contributed by atoms with Gasteiger partial charge in [0.15, 0.2) is 0 Å². The summed E-state index contributed by atoms with van der Waals surface area (Å²) < 4.78 is 0. The number of rotatable bonds is 5. The first-order valence-corrected chi connectivity index (χ1v) is 3.73. The lowest BCUT2D eigenvalue weighted by Crippen LogP contribution is -2.39. The van der Waals surface area contributed by atoms with Crippen molar-refractivity contribution in [1.82, 2.24) is 10.2 Å². The van der Waals surface area contributed by atoms with Gasteiger partial charge in [-0.3, -0.25) is 14.5 Å². The Bertz CT molecular complexity index is 232. The summed E-state index contributed by atoms with van der Waals surface area (Å²) in [6.45, 7) is 0.372. The zero-order valence-electron chi connectivity index (χ0n) is 7.54. The number of primary amides is 1. The SMILES string of the molecule is C#CCNC(=O)CN(C)CC(N)=O. The molecule has 0 atom stereocenters. The van der Waals surface area contributed by atoms with Gasteiger partial charge in [0, 0.05) is 0 Å². The van der Waals surface area contributed by atoms with E-state index in [2.05, 4.69) is 11.2 Å². The molecule has 0 fully saturated rings. The molecule has 0 spiro atoms. The quantitative estimate of drug-likeness (QED) is 0.491. The van der Waals surface area contributed by atoms with E-state index in [1.54, 1.807) is 7.05 Å². The van der Waals surface area contributed by atoms with E-state index in [-0.39, 0.29) is 25.5 Å². The van der Waals surface area contributed by atoms with E-state index in [9.17, 15) is 9.59 Å². The molecule has 5 heteroatoms. The molecule has 0 saturated carbocycles. The largest absolute Gasteiger partial charge is 0.369 e. The minimum atomic E-state index is -0.466. The molecule has 0 heterocycles. The van der Waals surface area contributed by atoms with E-state index in [0.717, 1.165) is 0 Å². The molecule has 0 aliphatic rings. The van der Waals surface area contributed by atoms with Gasteiger partial charge < -0.3 is 11.1 Å². The van der Waals surface area contributed by atoms with Gasteiger partial charge in [0.25, 0.3) is 0 Å². The number of nitrogens with one attached hydrogen (secondary N) is 1. The Morgan fingerprint density at radius 1 is 1.54 bits per heavy atom. The summed E-state index contributed by atoms with van der Waals surface area (Å²) in [5.74, 6) is 1.58. The fourth-order valence-electron chi connectivity index (χ4n) is 0.773. The van der Waals surface area contributed by atoms with E-state index in [1.165, 1.54) is 4.90 Å². The standard InChI is InChI=1S/C8H13N3O2/c1-3-4-10-8(13)6-11(2)5-7(9)12/h1H,4-6H2,2H3,(H2,9,12)(H,10,13). The van der Waals surface area contributed by atoms with Gasteiger partial charge in [-0.15, -0.1) is 6.42 Å². The van der Waals surface area contributed by atoms with Crippen molar-refractivity contribution in [3.63, 3.8) is 0 Å². The molecular weight excluding hydrogens is 170 g/mol. The molecule has 3 N–H and O–H groups in total. The van der Waals surface area contributed by atoms with Crippen LogP contribution in [0, 0.1) is 12.3 Å². The maximum Gasteiger partial charge on any atom is 0.234 e. The number of hydrogen-bond acceptors (Lipinski definition) is 3. The summed E-state index contributed by atoms with van der Waals surface area (Å²) in [5, 5.41) is 2.47. The van der Waals surface area contributed by atoms with Gasteiger partial charge >= 0.3 is 0 Å². The fraction of sp³-hybridized carbons (Fsp3) is 0.500. The smallest absolute Gasteiger partial charge is 0.234 e. The van der Waals surface area contributed by atoms with Crippen molar-refractivity contribution in [1.29, 1.82) is 0 Å². The molecule has 0 bridgehead atoms. The normalized spacial score (nSPS) is 9.31. The van der Waals surface area contributed by atoms with Crippen LogP contribution in [0.3, 0.4) is 0 Å². The molecule has 0 aromatic rings. The van der Waals surface area contributed by atoms with E-state index in [0.29, 0.717) is 0 Å². The Labute approximate surface area is 77.3 Å². The van der Waals surface area contributed by atoms with Crippen molar-refractivity contribution in [3.8, 4) is 12.3 Å². The minimum Gasteiger partial charge on any atom is -0.369 e. The predicted octanol–water partition coefficient (Wildman–Crippen LogP) is -1.85. The molecular formula is C8H13N3O2. The van der Waals surface area contributed by atoms with Gasteiger partial charge in [-0.1, -0.05) is 5.92 Å². The first kappa shape index (κ1) is 11.5. The first-order valence-electron chi connectivity index (χ1n) is 3.73. The number of carbonyl (C=O) groups excluding carboxylic acids is 2. The molecule has 72 valence electrons. The summed E-state index contributed by atoms with van der Waals surface area (Å²) >= 11 is 0. The Balaban J connectivity index is 3.66. The molecule has 0 aromatic carbocycles. The van der Waals surface area contributed by atoms with Crippen LogP contribution < -0.4 is 11.1 Å². The van der Waals surface area contributed by atoms with Gasteiger partial charge in [-0.05, 0) is 7.05 Å². The van der Waals surface area contributed by atoms with Crippen LogP contribution in [0.1, 0.15) is 0 Å². The van der Waals surface area contributed by atoms with Crippen LogP contribution in [0.4, 0.5) is 0 Å². The molecule has 0 unspecified atom stereocenters. The number of nitrogens with zero attached hydrogens (tertiary/aromatic N) is 1. The van der Waals surface area contributed by atoms with Crippen molar-refractivity contribution in [2.75, 3.05) is 26.7 Å². The average Bonchev–Trinajstić information content (AvgIpc) is 1.98. The van der Waals surface area contributed by atoms with E-state index >= 15 is 0 Å². The highest BCUT2D eigenvalue weighted by Gasteiger charge is 2.06. The van der Waals surface area contributed by atoms with Crippen molar-refractivity contribution in [3.05, 3.63) is 0 Å². The first-order chi connectivity index (χ1) is 6.06. The van der Waals surface area contributed by atoms with Crippen LogP contribution in [0.25, 0.3) is 0 Å². The maximum atomic E-state index is 11.0. The van der Waals surface area contributed by atoms with Crippen LogP contribution in [0.15, 0.2) is 0 Å². The number of likely N-dealkylation sites (N-methyl/N-ethyl adjacent to an activating group) is 1. The summed E-state index contributed by atoms with van der Waals surface area (Å²) in [6, 6.07) is 0. The highest BCUT2D eigenvalue weighted by molar-refractivity contribution is 5.80. The van der Waals surface area contributed by atoms with Crippen LogP contribution >= 0.6 is 0 Å². The number of amides is 2.